The van der Waals surface area contributed by atoms with Crippen molar-refractivity contribution < 1.29 is 4.74 Å². The average molecular weight is 449 g/mol. The molecule has 0 unspecified atom stereocenters. The molecule has 0 spiro atoms. The lowest BCUT2D eigenvalue weighted by molar-refractivity contribution is 0.489. The maximum Gasteiger partial charge on any atom is 0.256 e. The highest BCUT2D eigenvalue weighted by Crippen LogP contribution is 2.44. The first-order valence-electron chi connectivity index (χ1n) is 12.2. The summed E-state index contributed by atoms with van der Waals surface area (Å²) in [6.07, 6.45) is 0. The number of hydrogen-bond donors (Lipinski definition) is 0. The van der Waals surface area contributed by atoms with E-state index in [4.69, 9.17) is 4.74 Å². The smallest absolute Gasteiger partial charge is 0.256 e. The Labute approximate surface area is 206 Å². The first kappa shape index (κ1) is 20.2. The van der Waals surface area contributed by atoms with Crippen molar-refractivity contribution in [3.8, 4) is 22.6 Å². The van der Waals surface area contributed by atoms with E-state index < -0.39 is 0 Å². The van der Waals surface area contributed by atoms with Gasteiger partial charge in [0.1, 0.15) is 11.5 Å². The summed E-state index contributed by atoms with van der Waals surface area (Å²) >= 11 is 0. The molecule has 5 aromatic rings. The van der Waals surface area contributed by atoms with E-state index in [0.29, 0.717) is 0 Å². The number of benzene rings is 5. The molecular weight excluding hydrogens is 425 g/mol. The van der Waals surface area contributed by atoms with Crippen LogP contribution in [-0.4, -0.2) is 6.71 Å². The Hall–Kier alpha value is -4.24. The van der Waals surface area contributed by atoms with Gasteiger partial charge in [0, 0.05) is 22.6 Å². The Balaban J connectivity index is 1.61. The summed E-state index contributed by atoms with van der Waals surface area (Å²) in [5.74, 6) is 1.90. The highest BCUT2D eigenvalue weighted by molar-refractivity contribution is 6.99. The molecule has 0 atom stereocenters. The topological polar surface area (TPSA) is 12.5 Å². The van der Waals surface area contributed by atoms with Crippen molar-refractivity contribution in [2.75, 3.05) is 4.90 Å². The van der Waals surface area contributed by atoms with Gasteiger partial charge in [0.25, 0.3) is 6.71 Å². The van der Waals surface area contributed by atoms with Crippen molar-refractivity contribution in [1.82, 2.24) is 0 Å². The van der Waals surface area contributed by atoms with Gasteiger partial charge in [-0.3, -0.25) is 0 Å². The minimum atomic E-state index is 0.115. The predicted octanol–water partition coefficient (Wildman–Crippen LogP) is 6.38. The molecule has 0 radical (unpaired) electrons. The Bertz CT molecular complexity index is 1590. The van der Waals surface area contributed by atoms with Crippen LogP contribution in [0.15, 0.2) is 109 Å². The van der Waals surface area contributed by atoms with E-state index in [1.165, 1.54) is 44.5 Å². The summed E-state index contributed by atoms with van der Waals surface area (Å²) in [5.41, 5.74) is 12.3. The number of para-hydroxylation sites is 2. The third-order valence-electron chi connectivity index (χ3n) is 7.28. The zero-order chi connectivity index (χ0) is 23.5. The summed E-state index contributed by atoms with van der Waals surface area (Å²) < 4.78 is 6.75. The van der Waals surface area contributed by atoms with Gasteiger partial charge >= 0.3 is 0 Å². The fraction of sp³-hybridized carbons (Fsp3) is 0.0625. The summed E-state index contributed by atoms with van der Waals surface area (Å²) in [7, 11) is 0. The number of fused-ring (bicyclic) bond motifs is 4. The Kier molecular flexibility index (Phi) is 4.40. The molecule has 0 amide bonds. The lowest BCUT2D eigenvalue weighted by Gasteiger charge is -2.41. The van der Waals surface area contributed by atoms with Crippen molar-refractivity contribution in [2.45, 2.75) is 13.8 Å². The van der Waals surface area contributed by atoms with E-state index in [-0.39, 0.29) is 6.71 Å². The normalized spacial score (nSPS) is 13.0. The van der Waals surface area contributed by atoms with E-state index in [0.717, 1.165) is 22.7 Å². The van der Waals surface area contributed by atoms with E-state index in [9.17, 15) is 0 Å². The third kappa shape index (κ3) is 2.98. The van der Waals surface area contributed by atoms with Gasteiger partial charge in [-0.2, -0.15) is 0 Å². The average Bonchev–Trinajstić information content (AvgIpc) is 2.89. The van der Waals surface area contributed by atoms with Crippen LogP contribution >= 0.6 is 0 Å². The summed E-state index contributed by atoms with van der Waals surface area (Å²) in [4.78, 5) is 2.41. The largest absolute Gasteiger partial charge is 0.458 e. The van der Waals surface area contributed by atoms with Gasteiger partial charge in [0.2, 0.25) is 0 Å². The zero-order valence-corrected chi connectivity index (χ0v) is 19.8. The van der Waals surface area contributed by atoms with E-state index in [2.05, 4.69) is 128 Å². The minimum absolute atomic E-state index is 0.115. The van der Waals surface area contributed by atoms with Crippen LogP contribution in [0.3, 0.4) is 0 Å². The highest BCUT2D eigenvalue weighted by Gasteiger charge is 2.43. The van der Waals surface area contributed by atoms with Gasteiger partial charge in [-0.05, 0) is 77.8 Å². The highest BCUT2D eigenvalue weighted by atomic mass is 16.5. The van der Waals surface area contributed by atoms with Crippen LogP contribution in [0.2, 0.25) is 0 Å². The zero-order valence-electron chi connectivity index (χ0n) is 19.8. The molecule has 0 N–H and O–H groups in total. The van der Waals surface area contributed by atoms with Crippen molar-refractivity contribution in [2.24, 2.45) is 0 Å². The molecule has 0 fully saturated rings. The molecule has 2 aliphatic heterocycles. The van der Waals surface area contributed by atoms with Crippen LogP contribution in [0, 0.1) is 13.8 Å². The molecule has 0 aliphatic carbocycles. The maximum atomic E-state index is 6.75. The SMILES string of the molecule is Cc1cc(C)c2c(c1)N(c1ccccc1)c1ccc(-c3ccccc3)c3c1B2c1ccccc1O3. The molecule has 0 bridgehead atoms. The second kappa shape index (κ2) is 7.64. The summed E-state index contributed by atoms with van der Waals surface area (Å²) in [5, 5.41) is 0. The molecule has 7 rings (SSSR count). The standard InChI is InChI=1S/C32H24BNO/c1-21-19-22(2)30-28(20-21)34(24-13-7-4-8-14-24)27-18-17-25(23-11-5-3-6-12-23)32-31(27)33(30)26-15-9-10-16-29(26)35-32/h3-20H,1-2H3. The molecule has 2 heterocycles. The van der Waals surface area contributed by atoms with Gasteiger partial charge in [-0.15, -0.1) is 0 Å². The molecule has 166 valence electrons. The second-order valence-corrected chi connectivity index (χ2v) is 9.50. The first-order chi connectivity index (χ1) is 17.2. The van der Waals surface area contributed by atoms with Gasteiger partial charge in [-0.1, -0.05) is 78.4 Å². The molecule has 0 saturated heterocycles. The Morgan fingerprint density at radius 2 is 1.37 bits per heavy atom. The molecule has 5 aromatic carbocycles. The van der Waals surface area contributed by atoms with Crippen LogP contribution in [-0.2, 0) is 0 Å². The van der Waals surface area contributed by atoms with E-state index >= 15 is 0 Å². The fourth-order valence-corrected chi connectivity index (χ4v) is 5.90. The van der Waals surface area contributed by atoms with Crippen LogP contribution in [0.25, 0.3) is 11.1 Å². The lowest BCUT2D eigenvalue weighted by atomic mass is 9.33. The Morgan fingerprint density at radius 1 is 0.657 bits per heavy atom. The molecule has 35 heavy (non-hydrogen) atoms. The molecule has 0 saturated carbocycles. The monoisotopic (exact) mass is 449 g/mol. The predicted molar refractivity (Wildman–Crippen MR) is 147 cm³/mol. The quantitative estimate of drug-likeness (QED) is 0.284. The third-order valence-corrected chi connectivity index (χ3v) is 7.28. The van der Waals surface area contributed by atoms with E-state index in [1.54, 1.807) is 0 Å². The van der Waals surface area contributed by atoms with Crippen LogP contribution in [0.1, 0.15) is 11.1 Å². The van der Waals surface area contributed by atoms with Gasteiger partial charge in [-0.25, -0.2) is 0 Å². The fourth-order valence-electron chi connectivity index (χ4n) is 5.90. The number of rotatable bonds is 2. The number of nitrogens with zero attached hydrogens (tertiary/aromatic N) is 1. The lowest BCUT2D eigenvalue weighted by Crippen LogP contribution is -2.60. The second-order valence-electron chi connectivity index (χ2n) is 9.50. The van der Waals surface area contributed by atoms with Gasteiger partial charge in [0.05, 0.1) is 0 Å². The molecular formula is C32H24BNO. The van der Waals surface area contributed by atoms with Crippen LogP contribution in [0.4, 0.5) is 17.1 Å². The summed E-state index contributed by atoms with van der Waals surface area (Å²) in [6.45, 7) is 4.55. The van der Waals surface area contributed by atoms with Gasteiger partial charge < -0.3 is 9.64 Å². The Morgan fingerprint density at radius 3 is 2.17 bits per heavy atom. The van der Waals surface area contributed by atoms with Crippen LogP contribution in [0.5, 0.6) is 11.5 Å². The number of ether oxygens (including phenoxy) is 1. The molecule has 3 heteroatoms. The van der Waals surface area contributed by atoms with Crippen LogP contribution < -0.4 is 26.0 Å². The molecule has 2 nitrogen and oxygen atoms in total. The number of anilines is 3. The summed E-state index contributed by atoms with van der Waals surface area (Å²) in [6, 6.07) is 38.9. The molecule has 2 aliphatic rings. The molecule has 0 aromatic heterocycles. The van der Waals surface area contributed by atoms with Crippen molar-refractivity contribution in [3.05, 3.63) is 120 Å². The number of aryl methyl sites for hydroxylation is 2. The van der Waals surface area contributed by atoms with Crippen molar-refractivity contribution >= 4 is 40.2 Å². The van der Waals surface area contributed by atoms with Crippen molar-refractivity contribution in [1.29, 1.82) is 0 Å². The maximum absolute atomic E-state index is 6.75. The minimum Gasteiger partial charge on any atom is -0.458 e. The first-order valence-corrected chi connectivity index (χ1v) is 12.2. The van der Waals surface area contributed by atoms with E-state index in [1.807, 2.05) is 0 Å². The van der Waals surface area contributed by atoms with Gasteiger partial charge in [0.15, 0.2) is 0 Å². The number of hydrogen-bond acceptors (Lipinski definition) is 2. The van der Waals surface area contributed by atoms with Crippen molar-refractivity contribution in [3.63, 3.8) is 0 Å².